The van der Waals surface area contributed by atoms with Gasteiger partial charge in [-0.25, -0.2) is 0 Å². The third kappa shape index (κ3) is 2.88. The Morgan fingerprint density at radius 2 is 2.00 bits per heavy atom. The number of nitrogens with zero attached hydrogens (tertiary/aromatic N) is 2. The van der Waals surface area contributed by atoms with Crippen molar-refractivity contribution in [3.8, 4) is 0 Å². The molecule has 0 amide bonds. The number of Topliss-reactive ketones (excluding diaryl/α,β-unsaturated/α-hetero) is 1. The summed E-state index contributed by atoms with van der Waals surface area (Å²) in [5.74, 6) is -0.171. The highest BCUT2D eigenvalue weighted by molar-refractivity contribution is 5.98. The Labute approximate surface area is 116 Å². The van der Waals surface area contributed by atoms with Crippen molar-refractivity contribution in [1.29, 1.82) is 0 Å². The minimum atomic E-state index is -0.474. The number of ketones is 1. The first kappa shape index (κ1) is 13.9. The van der Waals surface area contributed by atoms with Crippen LogP contribution in [-0.4, -0.2) is 15.7 Å². The Morgan fingerprint density at radius 3 is 2.65 bits per heavy atom. The molecule has 2 aromatic rings. The molecule has 5 heteroatoms. The summed E-state index contributed by atoms with van der Waals surface area (Å²) in [5, 5.41) is 10.9. The highest BCUT2D eigenvalue weighted by Crippen LogP contribution is 2.20. The second-order valence-corrected chi connectivity index (χ2v) is 4.63. The quantitative estimate of drug-likeness (QED) is 0.486. The van der Waals surface area contributed by atoms with E-state index in [4.69, 9.17) is 0 Å². The molecule has 0 bridgehead atoms. The molecule has 0 radical (unpaired) electrons. The first-order valence-corrected chi connectivity index (χ1v) is 6.18. The molecule has 102 valence electrons. The van der Waals surface area contributed by atoms with Gasteiger partial charge in [-0.2, -0.15) is 0 Å². The zero-order valence-electron chi connectivity index (χ0n) is 11.3. The summed E-state index contributed by atoms with van der Waals surface area (Å²) in [4.78, 5) is 26.8. The lowest BCUT2D eigenvalue weighted by molar-refractivity contribution is -0.385. The molecule has 0 fully saturated rings. The number of benzene rings is 1. The zero-order chi connectivity index (χ0) is 14.7. The second-order valence-electron chi connectivity index (χ2n) is 4.63. The van der Waals surface area contributed by atoms with E-state index in [9.17, 15) is 14.9 Å². The third-order valence-electron chi connectivity index (χ3n) is 3.17. The summed E-state index contributed by atoms with van der Waals surface area (Å²) in [6.45, 7) is 3.53. The van der Waals surface area contributed by atoms with Crippen molar-refractivity contribution in [3.63, 3.8) is 0 Å². The molecule has 1 aromatic heterocycles. The Balaban J connectivity index is 2.28. The standard InChI is InChI=1S/C15H14N2O3/c1-10-4-3-7-16-13(10)9-15(18)12-6-5-11(2)14(8-12)17(19)20/h3-8H,9H2,1-2H3. The number of rotatable bonds is 4. The number of hydrogen-bond acceptors (Lipinski definition) is 4. The van der Waals surface area contributed by atoms with Crippen molar-refractivity contribution in [3.05, 3.63) is 69.0 Å². The highest BCUT2D eigenvalue weighted by atomic mass is 16.6. The molecular formula is C15H14N2O3. The van der Waals surface area contributed by atoms with Crippen LogP contribution in [-0.2, 0) is 6.42 Å². The topological polar surface area (TPSA) is 73.1 Å². The van der Waals surface area contributed by atoms with Gasteiger partial charge in [0.15, 0.2) is 5.78 Å². The summed E-state index contributed by atoms with van der Waals surface area (Å²) in [6, 6.07) is 8.22. The average Bonchev–Trinajstić information content (AvgIpc) is 2.41. The van der Waals surface area contributed by atoms with E-state index in [0.29, 0.717) is 16.8 Å². The van der Waals surface area contributed by atoms with Gasteiger partial charge in [-0.15, -0.1) is 0 Å². The largest absolute Gasteiger partial charge is 0.294 e. The normalized spacial score (nSPS) is 10.3. The molecule has 1 heterocycles. The number of aryl methyl sites for hydroxylation is 2. The monoisotopic (exact) mass is 270 g/mol. The summed E-state index contributed by atoms with van der Waals surface area (Å²) in [5.41, 5.74) is 2.48. The SMILES string of the molecule is Cc1ccc(C(=O)Cc2ncccc2C)cc1[N+](=O)[O-]. The van der Waals surface area contributed by atoms with Crippen molar-refractivity contribution in [2.75, 3.05) is 0 Å². The van der Waals surface area contributed by atoms with Gasteiger partial charge in [0.05, 0.1) is 17.0 Å². The summed E-state index contributed by atoms with van der Waals surface area (Å²) < 4.78 is 0. The first-order chi connectivity index (χ1) is 9.49. The molecule has 0 atom stereocenters. The van der Waals surface area contributed by atoms with E-state index in [-0.39, 0.29) is 17.9 Å². The summed E-state index contributed by atoms with van der Waals surface area (Å²) in [7, 11) is 0. The number of nitro benzene ring substituents is 1. The highest BCUT2D eigenvalue weighted by Gasteiger charge is 2.16. The van der Waals surface area contributed by atoms with E-state index < -0.39 is 4.92 Å². The molecule has 20 heavy (non-hydrogen) atoms. The van der Waals surface area contributed by atoms with Crippen LogP contribution in [0.2, 0.25) is 0 Å². The number of pyridine rings is 1. The van der Waals surface area contributed by atoms with E-state index in [1.165, 1.54) is 6.07 Å². The molecule has 0 aliphatic carbocycles. The third-order valence-corrected chi connectivity index (χ3v) is 3.17. The van der Waals surface area contributed by atoms with Crippen molar-refractivity contribution < 1.29 is 9.72 Å². The van der Waals surface area contributed by atoms with E-state index in [2.05, 4.69) is 4.98 Å². The molecule has 0 spiro atoms. The van der Waals surface area contributed by atoms with Crippen LogP contribution >= 0.6 is 0 Å². The fourth-order valence-electron chi connectivity index (χ4n) is 1.94. The maximum absolute atomic E-state index is 12.2. The lowest BCUT2D eigenvalue weighted by atomic mass is 10.0. The first-order valence-electron chi connectivity index (χ1n) is 6.18. The van der Waals surface area contributed by atoms with E-state index >= 15 is 0 Å². The van der Waals surface area contributed by atoms with Crippen molar-refractivity contribution >= 4 is 11.5 Å². The Bertz CT molecular complexity index is 681. The maximum atomic E-state index is 12.2. The van der Waals surface area contributed by atoms with E-state index in [1.807, 2.05) is 13.0 Å². The van der Waals surface area contributed by atoms with Crippen LogP contribution in [0.15, 0.2) is 36.5 Å². The van der Waals surface area contributed by atoms with Crippen LogP contribution in [0.25, 0.3) is 0 Å². The fourth-order valence-corrected chi connectivity index (χ4v) is 1.94. The predicted octanol–water partition coefficient (Wildman–Crippen LogP) is 3.03. The minimum Gasteiger partial charge on any atom is -0.294 e. The van der Waals surface area contributed by atoms with Gasteiger partial charge in [-0.3, -0.25) is 19.9 Å². The Hall–Kier alpha value is -2.56. The van der Waals surface area contributed by atoms with Gasteiger partial charge in [-0.1, -0.05) is 18.2 Å². The lowest BCUT2D eigenvalue weighted by Gasteiger charge is -2.05. The van der Waals surface area contributed by atoms with Gasteiger partial charge in [0.1, 0.15) is 0 Å². The molecule has 0 saturated heterocycles. The van der Waals surface area contributed by atoms with Crippen molar-refractivity contribution in [1.82, 2.24) is 4.98 Å². The smallest absolute Gasteiger partial charge is 0.273 e. The molecule has 5 nitrogen and oxygen atoms in total. The van der Waals surface area contributed by atoms with Crippen LogP contribution < -0.4 is 0 Å². The molecule has 0 N–H and O–H groups in total. The fraction of sp³-hybridized carbons (Fsp3) is 0.200. The second kappa shape index (κ2) is 5.61. The van der Waals surface area contributed by atoms with Crippen LogP contribution in [0.3, 0.4) is 0 Å². The van der Waals surface area contributed by atoms with Gasteiger partial charge < -0.3 is 0 Å². The molecular weight excluding hydrogens is 256 g/mol. The van der Waals surface area contributed by atoms with Crippen LogP contribution in [0, 0.1) is 24.0 Å². The molecule has 0 unspecified atom stereocenters. The van der Waals surface area contributed by atoms with Crippen LogP contribution in [0.4, 0.5) is 5.69 Å². The lowest BCUT2D eigenvalue weighted by Crippen LogP contribution is -2.07. The molecule has 1 aromatic carbocycles. The Morgan fingerprint density at radius 1 is 1.25 bits per heavy atom. The summed E-state index contributed by atoms with van der Waals surface area (Å²) in [6.07, 6.45) is 1.78. The van der Waals surface area contributed by atoms with Crippen LogP contribution in [0.1, 0.15) is 27.2 Å². The predicted molar refractivity (Wildman–Crippen MR) is 74.8 cm³/mol. The van der Waals surface area contributed by atoms with Gasteiger partial charge in [-0.05, 0) is 25.5 Å². The molecule has 0 saturated carbocycles. The van der Waals surface area contributed by atoms with E-state index in [1.54, 1.807) is 31.3 Å². The number of carbonyl (C=O) groups is 1. The van der Waals surface area contributed by atoms with Crippen molar-refractivity contribution in [2.24, 2.45) is 0 Å². The zero-order valence-corrected chi connectivity index (χ0v) is 11.3. The maximum Gasteiger partial charge on any atom is 0.273 e. The Kier molecular flexibility index (Phi) is 3.89. The number of aromatic nitrogens is 1. The number of nitro groups is 1. The average molecular weight is 270 g/mol. The van der Waals surface area contributed by atoms with Gasteiger partial charge in [0.25, 0.3) is 5.69 Å². The van der Waals surface area contributed by atoms with Gasteiger partial charge in [0.2, 0.25) is 0 Å². The molecule has 2 rings (SSSR count). The van der Waals surface area contributed by atoms with Gasteiger partial charge in [0, 0.05) is 23.4 Å². The van der Waals surface area contributed by atoms with Crippen LogP contribution in [0.5, 0.6) is 0 Å². The van der Waals surface area contributed by atoms with E-state index in [0.717, 1.165) is 5.56 Å². The van der Waals surface area contributed by atoms with Gasteiger partial charge >= 0.3 is 0 Å². The summed E-state index contributed by atoms with van der Waals surface area (Å²) >= 11 is 0. The minimum absolute atomic E-state index is 0.0337. The molecule has 0 aliphatic heterocycles. The molecule has 0 aliphatic rings. The van der Waals surface area contributed by atoms with Crippen molar-refractivity contribution in [2.45, 2.75) is 20.3 Å². The number of hydrogen-bond donors (Lipinski definition) is 0. The number of carbonyl (C=O) groups excluding carboxylic acids is 1.